The summed E-state index contributed by atoms with van der Waals surface area (Å²) in [5.41, 5.74) is 2.66. The van der Waals surface area contributed by atoms with Crippen LogP contribution in [0.1, 0.15) is 55.3 Å². The van der Waals surface area contributed by atoms with Gasteiger partial charge >= 0.3 is 0 Å². The number of thioether (sulfide) groups is 2. The molecular formula is C22H29BS2. The molecule has 0 bridgehead atoms. The molecule has 0 aliphatic heterocycles. The molecule has 0 nitrogen and oxygen atoms in total. The van der Waals surface area contributed by atoms with E-state index < -0.39 is 0 Å². The van der Waals surface area contributed by atoms with Crippen LogP contribution in [-0.2, 0) is 5.75 Å². The Morgan fingerprint density at radius 3 is 2.24 bits per heavy atom. The Morgan fingerprint density at radius 1 is 0.880 bits per heavy atom. The highest BCUT2D eigenvalue weighted by atomic mass is 32.2. The number of benzene rings is 2. The average Bonchev–Trinajstić information content (AvgIpc) is 2.66. The molecule has 0 amide bonds. The van der Waals surface area contributed by atoms with Crippen LogP contribution in [0.5, 0.6) is 0 Å². The van der Waals surface area contributed by atoms with Gasteiger partial charge in [0, 0.05) is 11.0 Å². The lowest BCUT2D eigenvalue weighted by atomic mass is 9.96. The van der Waals surface area contributed by atoms with Crippen molar-refractivity contribution < 1.29 is 0 Å². The standard InChI is InChI=1S/C22H29BS2/c1-2-3-6-15-21(25-22(23)20-13-9-5-10-14-20)16-17-24-18-19-11-7-4-8-12-19/h4-5,7-14,21-22H,2-3,6,15-18H2,1H3. The summed E-state index contributed by atoms with van der Waals surface area (Å²) >= 11 is 4.00. The van der Waals surface area contributed by atoms with E-state index in [9.17, 15) is 0 Å². The fourth-order valence-electron chi connectivity index (χ4n) is 2.81. The molecule has 0 saturated heterocycles. The molecule has 25 heavy (non-hydrogen) atoms. The van der Waals surface area contributed by atoms with E-state index in [4.69, 9.17) is 7.85 Å². The first-order chi connectivity index (χ1) is 12.3. The van der Waals surface area contributed by atoms with Crippen molar-refractivity contribution in [1.82, 2.24) is 0 Å². The van der Waals surface area contributed by atoms with Gasteiger partial charge in [-0.2, -0.15) is 23.5 Å². The first-order valence-electron chi connectivity index (χ1n) is 9.37. The van der Waals surface area contributed by atoms with Crippen molar-refractivity contribution in [3.8, 4) is 0 Å². The van der Waals surface area contributed by atoms with Crippen LogP contribution in [0, 0.1) is 0 Å². The zero-order chi connectivity index (χ0) is 17.7. The molecule has 2 aromatic rings. The van der Waals surface area contributed by atoms with Crippen molar-refractivity contribution in [3.05, 3.63) is 71.8 Å². The Labute approximate surface area is 164 Å². The fourth-order valence-corrected chi connectivity index (χ4v) is 5.27. The van der Waals surface area contributed by atoms with Gasteiger partial charge < -0.3 is 0 Å². The van der Waals surface area contributed by atoms with E-state index >= 15 is 0 Å². The minimum absolute atomic E-state index is 0.0898. The maximum Gasteiger partial charge on any atom is 0.0911 e. The highest BCUT2D eigenvalue weighted by Crippen LogP contribution is 2.34. The van der Waals surface area contributed by atoms with Crippen molar-refractivity contribution in [2.45, 2.75) is 55.2 Å². The summed E-state index contributed by atoms with van der Waals surface area (Å²) in [6, 6.07) is 21.3. The molecule has 3 heteroatoms. The lowest BCUT2D eigenvalue weighted by Gasteiger charge is -2.21. The largest absolute Gasteiger partial charge is 0.160 e. The SMILES string of the molecule is [B]C(SC(CCCCC)CCSCc1ccccc1)c1ccccc1. The molecule has 0 N–H and O–H groups in total. The van der Waals surface area contributed by atoms with Gasteiger partial charge in [-0.15, -0.1) is 0 Å². The Bertz CT molecular complexity index is 559. The summed E-state index contributed by atoms with van der Waals surface area (Å²) in [4.78, 5) is 0. The third-order valence-electron chi connectivity index (χ3n) is 4.29. The molecule has 2 rings (SSSR count). The Morgan fingerprint density at radius 2 is 1.56 bits per heavy atom. The van der Waals surface area contributed by atoms with E-state index in [1.54, 1.807) is 0 Å². The van der Waals surface area contributed by atoms with Gasteiger partial charge in [0.25, 0.3) is 0 Å². The van der Waals surface area contributed by atoms with E-state index in [0.29, 0.717) is 5.25 Å². The van der Waals surface area contributed by atoms with Gasteiger partial charge in [0.2, 0.25) is 0 Å². The smallest absolute Gasteiger partial charge is 0.0911 e. The lowest BCUT2D eigenvalue weighted by molar-refractivity contribution is 0.637. The summed E-state index contributed by atoms with van der Waals surface area (Å²) in [6.07, 6.45) is 6.45. The van der Waals surface area contributed by atoms with E-state index in [2.05, 4.69) is 67.6 Å². The number of hydrogen-bond acceptors (Lipinski definition) is 2. The van der Waals surface area contributed by atoms with Gasteiger partial charge in [-0.3, -0.25) is 0 Å². The lowest BCUT2D eigenvalue weighted by Crippen LogP contribution is -2.08. The predicted molar refractivity (Wildman–Crippen MR) is 118 cm³/mol. The Hall–Kier alpha value is -0.795. The summed E-state index contributed by atoms with van der Waals surface area (Å²) in [6.45, 7) is 2.27. The molecule has 2 aromatic carbocycles. The molecule has 2 unspecified atom stereocenters. The Balaban J connectivity index is 1.78. The highest BCUT2D eigenvalue weighted by Gasteiger charge is 2.14. The van der Waals surface area contributed by atoms with Gasteiger partial charge in [0.15, 0.2) is 0 Å². The van der Waals surface area contributed by atoms with Crippen LogP contribution in [0.25, 0.3) is 0 Å². The van der Waals surface area contributed by atoms with Gasteiger partial charge in [-0.05, 0) is 34.9 Å². The maximum atomic E-state index is 6.45. The zero-order valence-electron chi connectivity index (χ0n) is 15.3. The summed E-state index contributed by atoms with van der Waals surface area (Å²) < 4.78 is 0. The second-order valence-corrected chi connectivity index (χ2v) is 8.96. The van der Waals surface area contributed by atoms with Gasteiger partial charge in [-0.25, -0.2) is 0 Å². The molecule has 132 valence electrons. The third kappa shape index (κ3) is 8.42. The minimum Gasteiger partial charge on any atom is -0.160 e. The molecular weight excluding hydrogens is 339 g/mol. The second-order valence-electron chi connectivity index (χ2n) is 6.41. The van der Waals surface area contributed by atoms with Crippen LogP contribution in [-0.4, -0.2) is 18.8 Å². The van der Waals surface area contributed by atoms with E-state index in [0.717, 1.165) is 5.75 Å². The number of rotatable bonds is 12. The van der Waals surface area contributed by atoms with E-state index in [1.807, 2.05) is 23.5 Å². The molecule has 2 radical (unpaired) electrons. The van der Waals surface area contributed by atoms with Crippen LogP contribution in [0.3, 0.4) is 0 Å². The van der Waals surface area contributed by atoms with Crippen LogP contribution in [0.2, 0.25) is 0 Å². The van der Waals surface area contributed by atoms with Crippen LogP contribution < -0.4 is 0 Å². The van der Waals surface area contributed by atoms with Crippen molar-refractivity contribution >= 4 is 31.4 Å². The van der Waals surface area contributed by atoms with Crippen LogP contribution >= 0.6 is 23.5 Å². The monoisotopic (exact) mass is 368 g/mol. The van der Waals surface area contributed by atoms with Crippen LogP contribution in [0.4, 0.5) is 0 Å². The first kappa shape index (κ1) is 20.5. The van der Waals surface area contributed by atoms with E-state index in [-0.39, 0.29) is 5.15 Å². The molecule has 0 aliphatic carbocycles. The summed E-state index contributed by atoms with van der Waals surface area (Å²) in [5, 5.41) is 0.747. The molecule has 0 spiro atoms. The number of hydrogen-bond donors (Lipinski definition) is 0. The normalized spacial score (nSPS) is 13.5. The summed E-state index contributed by atoms with van der Waals surface area (Å²) in [5.74, 6) is 2.32. The summed E-state index contributed by atoms with van der Waals surface area (Å²) in [7, 11) is 6.45. The maximum absolute atomic E-state index is 6.45. The molecule has 0 aromatic heterocycles. The zero-order valence-corrected chi connectivity index (χ0v) is 16.9. The molecule has 0 heterocycles. The second kappa shape index (κ2) is 12.5. The average molecular weight is 368 g/mol. The van der Waals surface area contributed by atoms with Crippen molar-refractivity contribution in [2.24, 2.45) is 0 Å². The predicted octanol–water partition coefficient (Wildman–Crippen LogP) is 6.86. The minimum atomic E-state index is 0.0898. The highest BCUT2D eigenvalue weighted by molar-refractivity contribution is 8.01. The fraction of sp³-hybridized carbons (Fsp3) is 0.455. The third-order valence-corrected chi connectivity index (χ3v) is 6.78. The Kier molecular flexibility index (Phi) is 10.3. The molecule has 0 aliphatic rings. The van der Waals surface area contributed by atoms with E-state index in [1.165, 1.54) is 49.0 Å². The molecule has 0 fully saturated rings. The van der Waals surface area contributed by atoms with Crippen molar-refractivity contribution in [2.75, 3.05) is 5.75 Å². The quantitative estimate of drug-likeness (QED) is 0.296. The molecule has 2 atom stereocenters. The van der Waals surface area contributed by atoms with Gasteiger partial charge in [0.1, 0.15) is 0 Å². The van der Waals surface area contributed by atoms with Gasteiger partial charge in [0.05, 0.1) is 7.85 Å². The van der Waals surface area contributed by atoms with Crippen molar-refractivity contribution in [3.63, 3.8) is 0 Å². The van der Waals surface area contributed by atoms with Gasteiger partial charge in [-0.1, -0.05) is 86.8 Å². The molecule has 0 saturated carbocycles. The first-order valence-corrected chi connectivity index (χ1v) is 11.5. The number of unbranched alkanes of at least 4 members (excludes halogenated alkanes) is 2. The van der Waals surface area contributed by atoms with Crippen LogP contribution in [0.15, 0.2) is 60.7 Å². The van der Waals surface area contributed by atoms with Crippen molar-refractivity contribution in [1.29, 1.82) is 0 Å². The topological polar surface area (TPSA) is 0 Å².